The number of rotatable bonds is 3. The molecule has 1 heterocycles. The van der Waals surface area contributed by atoms with E-state index in [1.54, 1.807) is 12.3 Å². The molecule has 2 aliphatic rings. The summed E-state index contributed by atoms with van der Waals surface area (Å²) in [4.78, 5) is 24.6. The first-order valence-corrected chi connectivity index (χ1v) is 7.70. The second-order valence-electron chi connectivity index (χ2n) is 6.16. The van der Waals surface area contributed by atoms with E-state index in [1.807, 2.05) is 6.08 Å². The monoisotopic (exact) mass is 319 g/mol. The van der Waals surface area contributed by atoms with Crippen LogP contribution in [0.3, 0.4) is 0 Å². The van der Waals surface area contributed by atoms with E-state index < -0.39 is 23.4 Å². The summed E-state index contributed by atoms with van der Waals surface area (Å²) in [6.07, 6.45) is 6.39. The number of carboxylic acids is 1. The number of fused-ring (bicyclic) bond motifs is 1. The smallest absolute Gasteiger partial charge is 0.306 e. The molecule has 1 aromatic rings. The van der Waals surface area contributed by atoms with Gasteiger partial charge < -0.3 is 15.1 Å². The third kappa shape index (κ3) is 2.93. The van der Waals surface area contributed by atoms with Crippen LogP contribution in [-0.4, -0.2) is 27.0 Å². The van der Waals surface area contributed by atoms with Crippen LogP contribution < -0.4 is 0 Å². The predicted octanol–water partition coefficient (Wildman–Crippen LogP) is 2.89. The van der Waals surface area contributed by atoms with Crippen LogP contribution in [0.15, 0.2) is 24.4 Å². The Hall–Kier alpha value is -2.37. The summed E-state index contributed by atoms with van der Waals surface area (Å²) in [6.45, 7) is 0.284. The molecular formula is C17H18FNO4. The van der Waals surface area contributed by atoms with Crippen LogP contribution in [-0.2, 0) is 11.3 Å². The molecule has 5 nitrogen and oxygen atoms in total. The molecule has 0 aromatic heterocycles. The zero-order valence-electron chi connectivity index (χ0n) is 12.5. The van der Waals surface area contributed by atoms with E-state index in [-0.39, 0.29) is 23.9 Å². The van der Waals surface area contributed by atoms with E-state index in [2.05, 4.69) is 0 Å². The van der Waals surface area contributed by atoms with Crippen molar-refractivity contribution in [3.8, 4) is 5.75 Å². The average molecular weight is 319 g/mol. The SMILES string of the molecule is O=C(O)C1CCC(C=CN2Cc3ccc(O)c(F)c3C2=O)CC1. The lowest BCUT2D eigenvalue weighted by molar-refractivity contribution is -0.142. The highest BCUT2D eigenvalue weighted by atomic mass is 19.1. The lowest BCUT2D eigenvalue weighted by Gasteiger charge is -2.24. The number of carbonyl (C=O) groups is 2. The molecular weight excluding hydrogens is 301 g/mol. The number of amides is 1. The van der Waals surface area contributed by atoms with E-state index in [0.29, 0.717) is 18.4 Å². The van der Waals surface area contributed by atoms with Crippen molar-refractivity contribution in [2.45, 2.75) is 32.2 Å². The summed E-state index contributed by atoms with van der Waals surface area (Å²) in [5.41, 5.74) is 0.494. The highest BCUT2D eigenvalue weighted by Crippen LogP contribution is 2.32. The highest BCUT2D eigenvalue weighted by Gasteiger charge is 2.31. The molecule has 1 aromatic carbocycles. The van der Waals surface area contributed by atoms with Crippen LogP contribution in [0.4, 0.5) is 4.39 Å². The van der Waals surface area contributed by atoms with Crippen molar-refractivity contribution in [2.75, 3.05) is 0 Å². The number of halogens is 1. The van der Waals surface area contributed by atoms with E-state index in [1.165, 1.54) is 11.0 Å². The molecule has 1 amide bonds. The Morgan fingerprint density at radius 3 is 2.61 bits per heavy atom. The van der Waals surface area contributed by atoms with Crippen LogP contribution in [0.25, 0.3) is 0 Å². The van der Waals surface area contributed by atoms with Crippen LogP contribution >= 0.6 is 0 Å². The van der Waals surface area contributed by atoms with E-state index in [9.17, 15) is 19.1 Å². The molecule has 1 saturated carbocycles. The van der Waals surface area contributed by atoms with Gasteiger partial charge in [-0.1, -0.05) is 12.1 Å². The van der Waals surface area contributed by atoms with Crippen molar-refractivity contribution in [2.24, 2.45) is 11.8 Å². The standard InChI is InChI=1S/C17H18FNO4/c18-15-13(20)6-5-12-9-19(16(21)14(12)15)8-7-10-1-3-11(4-2-10)17(22)23/h5-8,10-11,20H,1-4,9H2,(H,22,23). The van der Waals surface area contributed by atoms with E-state index >= 15 is 0 Å². The van der Waals surface area contributed by atoms with Crippen molar-refractivity contribution in [3.63, 3.8) is 0 Å². The summed E-state index contributed by atoms with van der Waals surface area (Å²) >= 11 is 0. The van der Waals surface area contributed by atoms with Gasteiger partial charge in [0.1, 0.15) is 0 Å². The molecule has 0 spiro atoms. The number of carbonyl (C=O) groups excluding carboxylic acids is 1. The van der Waals surface area contributed by atoms with Crippen molar-refractivity contribution in [3.05, 3.63) is 41.4 Å². The van der Waals surface area contributed by atoms with E-state index in [4.69, 9.17) is 5.11 Å². The zero-order chi connectivity index (χ0) is 16.6. The lowest BCUT2D eigenvalue weighted by Crippen LogP contribution is -2.21. The number of aliphatic carboxylic acids is 1. The molecule has 0 atom stereocenters. The number of phenolic OH excluding ortho intramolecular Hbond substituents is 1. The first kappa shape index (κ1) is 15.5. The molecule has 1 aliphatic heterocycles. The molecule has 0 bridgehead atoms. The first-order valence-electron chi connectivity index (χ1n) is 7.70. The second kappa shape index (κ2) is 6.02. The molecule has 3 rings (SSSR count). The van der Waals surface area contributed by atoms with Crippen molar-refractivity contribution >= 4 is 11.9 Å². The summed E-state index contributed by atoms with van der Waals surface area (Å²) in [6, 6.07) is 2.80. The maximum absolute atomic E-state index is 13.9. The number of nitrogens with zero attached hydrogens (tertiary/aromatic N) is 1. The maximum Gasteiger partial charge on any atom is 0.306 e. The van der Waals surface area contributed by atoms with Gasteiger partial charge in [0.25, 0.3) is 5.91 Å². The van der Waals surface area contributed by atoms with Gasteiger partial charge in [0.15, 0.2) is 11.6 Å². The quantitative estimate of drug-likeness (QED) is 0.898. The van der Waals surface area contributed by atoms with Crippen LogP contribution in [0, 0.1) is 17.7 Å². The fraction of sp³-hybridized carbons (Fsp3) is 0.412. The molecule has 1 fully saturated rings. The van der Waals surface area contributed by atoms with Gasteiger partial charge in [-0.05, 0) is 43.2 Å². The number of benzene rings is 1. The number of hydrogen-bond donors (Lipinski definition) is 2. The minimum Gasteiger partial charge on any atom is -0.505 e. The molecule has 122 valence electrons. The largest absolute Gasteiger partial charge is 0.505 e. The van der Waals surface area contributed by atoms with Crippen LogP contribution in [0.2, 0.25) is 0 Å². The van der Waals surface area contributed by atoms with E-state index in [0.717, 1.165) is 12.8 Å². The average Bonchev–Trinajstić information content (AvgIpc) is 2.86. The Kier molecular flexibility index (Phi) is 4.07. The third-order valence-electron chi connectivity index (χ3n) is 4.68. The normalized spacial score (nSPS) is 24.2. The van der Waals surface area contributed by atoms with Crippen molar-refractivity contribution in [1.82, 2.24) is 4.90 Å². The Balaban J connectivity index is 1.65. The fourth-order valence-electron chi connectivity index (χ4n) is 3.27. The number of hydrogen-bond acceptors (Lipinski definition) is 3. The first-order chi connectivity index (χ1) is 11.0. The van der Waals surface area contributed by atoms with Gasteiger partial charge in [-0.2, -0.15) is 0 Å². The van der Waals surface area contributed by atoms with Crippen LogP contribution in [0.5, 0.6) is 5.75 Å². The second-order valence-corrected chi connectivity index (χ2v) is 6.16. The minimum absolute atomic E-state index is 0.0655. The molecule has 2 N–H and O–H groups in total. The van der Waals surface area contributed by atoms with Gasteiger partial charge in [0.05, 0.1) is 18.0 Å². The summed E-state index contributed by atoms with van der Waals surface area (Å²) in [5.74, 6) is -2.62. The molecule has 0 radical (unpaired) electrons. The summed E-state index contributed by atoms with van der Waals surface area (Å²) < 4.78 is 13.9. The van der Waals surface area contributed by atoms with Crippen molar-refractivity contribution < 1.29 is 24.2 Å². The Labute approximate surface area is 133 Å². The summed E-state index contributed by atoms with van der Waals surface area (Å²) in [5, 5.41) is 18.4. The third-order valence-corrected chi connectivity index (χ3v) is 4.68. The van der Waals surface area contributed by atoms with Gasteiger partial charge in [-0.25, -0.2) is 4.39 Å². The maximum atomic E-state index is 13.9. The van der Waals surface area contributed by atoms with Gasteiger partial charge in [0.2, 0.25) is 0 Å². The number of carboxylic acid groups (broad SMARTS) is 1. The van der Waals surface area contributed by atoms with Gasteiger partial charge in [-0.15, -0.1) is 0 Å². The number of aromatic hydroxyl groups is 1. The summed E-state index contributed by atoms with van der Waals surface area (Å²) in [7, 11) is 0. The fourth-order valence-corrected chi connectivity index (χ4v) is 3.27. The zero-order valence-corrected chi connectivity index (χ0v) is 12.5. The Morgan fingerprint density at radius 2 is 1.96 bits per heavy atom. The highest BCUT2D eigenvalue weighted by molar-refractivity contribution is 5.99. The number of phenols is 1. The van der Waals surface area contributed by atoms with Crippen LogP contribution in [0.1, 0.15) is 41.6 Å². The molecule has 0 saturated heterocycles. The van der Waals surface area contributed by atoms with Gasteiger partial charge >= 0.3 is 5.97 Å². The molecule has 1 aliphatic carbocycles. The van der Waals surface area contributed by atoms with Crippen molar-refractivity contribution in [1.29, 1.82) is 0 Å². The molecule has 0 unspecified atom stereocenters. The molecule has 6 heteroatoms. The topological polar surface area (TPSA) is 77.8 Å². The lowest BCUT2D eigenvalue weighted by atomic mass is 9.82. The van der Waals surface area contributed by atoms with Gasteiger partial charge in [-0.3, -0.25) is 9.59 Å². The Bertz CT molecular complexity index is 677. The predicted molar refractivity (Wildman–Crippen MR) is 80.2 cm³/mol. The number of allylic oxidation sites excluding steroid dienone is 1. The minimum atomic E-state index is -0.870. The molecule has 23 heavy (non-hydrogen) atoms. The van der Waals surface area contributed by atoms with Gasteiger partial charge in [0, 0.05) is 6.20 Å². The Morgan fingerprint density at radius 1 is 1.26 bits per heavy atom.